The van der Waals surface area contributed by atoms with Crippen molar-refractivity contribution >= 4 is 40.5 Å². The lowest BCUT2D eigenvalue weighted by atomic mass is 10.2. The van der Waals surface area contributed by atoms with Gasteiger partial charge in [0.1, 0.15) is 0 Å². The molecule has 150 valence electrons. The minimum Gasteiger partial charge on any atom is -0.452 e. The third kappa shape index (κ3) is 4.88. The largest absolute Gasteiger partial charge is 0.452 e. The lowest BCUT2D eigenvalue weighted by molar-refractivity contribution is -0.119. The molecule has 0 saturated heterocycles. The number of benzene rings is 1. The molecule has 2 aromatic heterocycles. The van der Waals surface area contributed by atoms with Crippen LogP contribution in [0.5, 0.6) is 0 Å². The lowest BCUT2D eigenvalue weighted by Gasteiger charge is -2.08. The van der Waals surface area contributed by atoms with E-state index in [2.05, 4.69) is 15.6 Å². The van der Waals surface area contributed by atoms with Crippen molar-refractivity contribution < 1.29 is 19.1 Å². The predicted molar refractivity (Wildman–Crippen MR) is 111 cm³/mol. The summed E-state index contributed by atoms with van der Waals surface area (Å²) in [5.41, 5.74) is 3.11. The molecule has 0 bridgehead atoms. The van der Waals surface area contributed by atoms with Gasteiger partial charge in [-0.15, -0.1) is 11.3 Å². The standard InChI is InChI=1S/C20H20N4O4S/c1-12-10-17(13(2)24(12)20-21-8-9-29-20)19(27)28-11-18(26)23-16-6-4-15(5-7-16)22-14(3)25/h4-10H,11H2,1-3H3,(H,22,25)(H,23,26). The maximum absolute atomic E-state index is 12.4. The number of hydrogen-bond acceptors (Lipinski definition) is 6. The summed E-state index contributed by atoms with van der Waals surface area (Å²) in [6, 6.07) is 8.34. The van der Waals surface area contributed by atoms with Crippen LogP contribution in [0.25, 0.3) is 5.13 Å². The number of amides is 2. The van der Waals surface area contributed by atoms with E-state index in [0.717, 1.165) is 10.8 Å². The fourth-order valence-electron chi connectivity index (χ4n) is 2.84. The monoisotopic (exact) mass is 412 g/mol. The second-order valence-electron chi connectivity index (χ2n) is 6.32. The number of rotatable bonds is 6. The molecule has 3 aromatic rings. The summed E-state index contributed by atoms with van der Waals surface area (Å²) in [4.78, 5) is 39.8. The van der Waals surface area contributed by atoms with Crippen LogP contribution in [0.4, 0.5) is 11.4 Å². The molecule has 0 aliphatic rings. The number of thiazole rings is 1. The zero-order chi connectivity index (χ0) is 21.0. The topological polar surface area (TPSA) is 102 Å². The highest BCUT2D eigenvalue weighted by atomic mass is 32.1. The van der Waals surface area contributed by atoms with E-state index in [-0.39, 0.29) is 5.91 Å². The summed E-state index contributed by atoms with van der Waals surface area (Å²) in [6.45, 7) is 4.69. The number of carbonyl (C=O) groups is 3. The van der Waals surface area contributed by atoms with Crippen LogP contribution in [0, 0.1) is 13.8 Å². The Hall–Kier alpha value is -3.46. The van der Waals surface area contributed by atoms with Crippen molar-refractivity contribution in [2.24, 2.45) is 0 Å². The van der Waals surface area contributed by atoms with E-state index in [1.54, 1.807) is 36.5 Å². The van der Waals surface area contributed by atoms with Crippen LogP contribution in [0.15, 0.2) is 41.9 Å². The van der Waals surface area contributed by atoms with Gasteiger partial charge >= 0.3 is 5.97 Å². The molecule has 0 unspecified atom stereocenters. The highest BCUT2D eigenvalue weighted by Gasteiger charge is 2.19. The van der Waals surface area contributed by atoms with Gasteiger partial charge in [0.05, 0.1) is 5.56 Å². The molecule has 8 nitrogen and oxygen atoms in total. The molecule has 1 aromatic carbocycles. The number of aryl methyl sites for hydroxylation is 1. The summed E-state index contributed by atoms with van der Waals surface area (Å²) < 4.78 is 7.04. The molecule has 0 aliphatic heterocycles. The highest BCUT2D eigenvalue weighted by molar-refractivity contribution is 7.12. The van der Waals surface area contributed by atoms with Crippen molar-refractivity contribution in [3.8, 4) is 5.13 Å². The van der Waals surface area contributed by atoms with Gasteiger partial charge in [0.15, 0.2) is 11.7 Å². The minimum absolute atomic E-state index is 0.178. The van der Waals surface area contributed by atoms with Crippen LogP contribution in [0.1, 0.15) is 28.7 Å². The van der Waals surface area contributed by atoms with E-state index in [1.807, 2.05) is 23.8 Å². The Bertz CT molecular complexity index is 1040. The van der Waals surface area contributed by atoms with Crippen LogP contribution in [-0.2, 0) is 14.3 Å². The Morgan fingerprint density at radius 3 is 2.34 bits per heavy atom. The molecular weight excluding hydrogens is 392 g/mol. The molecule has 0 fully saturated rings. The Labute approximate surface area is 171 Å². The molecule has 3 rings (SSSR count). The Morgan fingerprint density at radius 2 is 1.76 bits per heavy atom. The summed E-state index contributed by atoms with van der Waals surface area (Å²) in [6.07, 6.45) is 1.70. The summed E-state index contributed by atoms with van der Waals surface area (Å²) >= 11 is 1.47. The van der Waals surface area contributed by atoms with Crippen molar-refractivity contribution in [1.82, 2.24) is 9.55 Å². The second kappa shape index (κ2) is 8.70. The van der Waals surface area contributed by atoms with Gasteiger partial charge in [0, 0.05) is 41.3 Å². The number of ether oxygens (including phenoxy) is 1. The van der Waals surface area contributed by atoms with Crippen LogP contribution in [0.2, 0.25) is 0 Å². The van der Waals surface area contributed by atoms with Gasteiger partial charge in [-0.05, 0) is 44.2 Å². The van der Waals surface area contributed by atoms with Crippen molar-refractivity contribution in [3.05, 3.63) is 58.9 Å². The molecule has 0 spiro atoms. The van der Waals surface area contributed by atoms with Crippen LogP contribution >= 0.6 is 11.3 Å². The molecule has 0 aliphatic carbocycles. The third-order valence-electron chi connectivity index (χ3n) is 4.08. The first-order valence-corrected chi connectivity index (χ1v) is 9.66. The molecule has 2 amide bonds. The molecule has 0 atom stereocenters. The van der Waals surface area contributed by atoms with E-state index in [4.69, 9.17) is 4.74 Å². The van der Waals surface area contributed by atoms with Gasteiger partial charge in [0.25, 0.3) is 5.91 Å². The smallest absolute Gasteiger partial charge is 0.340 e. The van der Waals surface area contributed by atoms with E-state index in [1.165, 1.54) is 18.3 Å². The summed E-state index contributed by atoms with van der Waals surface area (Å²) in [7, 11) is 0. The number of hydrogen-bond donors (Lipinski definition) is 2. The second-order valence-corrected chi connectivity index (χ2v) is 7.19. The Kier molecular flexibility index (Phi) is 6.08. The molecule has 0 radical (unpaired) electrons. The summed E-state index contributed by atoms with van der Waals surface area (Å²) in [5.74, 6) is -1.21. The van der Waals surface area contributed by atoms with Crippen molar-refractivity contribution in [2.75, 3.05) is 17.2 Å². The van der Waals surface area contributed by atoms with Gasteiger partial charge in [-0.3, -0.25) is 14.2 Å². The zero-order valence-electron chi connectivity index (χ0n) is 16.2. The number of esters is 1. The van der Waals surface area contributed by atoms with Crippen molar-refractivity contribution in [1.29, 1.82) is 0 Å². The molecule has 9 heteroatoms. The van der Waals surface area contributed by atoms with Gasteiger partial charge in [-0.25, -0.2) is 9.78 Å². The number of anilines is 2. The summed E-state index contributed by atoms with van der Waals surface area (Å²) in [5, 5.41) is 7.90. The van der Waals surface area contributed by atoms with E-state index in [9.17, 15) is 14.4 Å². The first-order chi connectivity index (χ1) is 13.8. The van der Waals surface area contributed by atoms with Crippen LogP contribution < -0.4 is 10.6 Å². The quantitative estimate of drug-likeness (QED) is 0.605. The van der Waals surface area contributed by atoms with Gasteiger partial charge in [0.2, 0.25) is 5.91 Å². The van der Waals surface area contributed by atoms with E-state index >= 15 is 0 Å². The highest BCUT2D eigenvalue weighted by Crippen LogP contribution is 2.22. The van der Waals surface area contributed by atoms with Crippen LogP contribution in [0.3, 0.4) is 0 Å². The fourth-order valence-corrected chi connectivity index (χ4v) is 3.59. The average molecular weight is 412 g/mol. The van der Waals surface area contributed by atoms with E-state index < -0.39 is 18.5 Å². The van der Waals surface area contributed by atoms with Gasteiger partial charge in [-0.1, -0.05) is 0 Å². The minimum atomic E-state index is -0.572. The maximum Gasteiger partial charge on any atom is 0.340 e. The maximum atomic E-state index is 12.4. The van der Waals surface area contributed by atoms with Gasteiger partial charge in [-0.2, -0.15) is 0 Å². The van der Waals surface area contributed by atoms with E-state index in [0.29, 0.717) is 22.6 Å². The zero-order valence-corrected chi connectivity index (χ0v) is 17.0. The molecular formula is C20H20N4O4S. The number of nitrogens with zero attached hydrogens (tertiary/aromatic N) is 2. The lowest BCUT2D eigenvalue weighted by Crippen LogP contribution is -2.21. The first-order valence-electron chi connectivity index (χ1n) is 8.78. The molecule has 2 heterocycles. The van der Waals surface area contributed by atoms with Crippen molar-refractivity contribution in [2.45, 2.75) is 20.8 Å². The number of nitrogens with one attached hydrogen (secondary N) is 2. The van der Waals surface area contributed by atoms with Gasteiger partial charge < -0.3 is 15.4 Å². The Balaban J connectivity index is 1.59. The SMILES string of the molecule is CC(=O)Nc1ccc(NC(=O)COC(=O)c2cc(C)n(-c3nccs3)c2C)cc1. The first kappa shape index (κ1) is 20.3. The number of carbonyl (C=O) groups excluding carboxylic acids is 3. The Morgan fingerprint density at radius 1 is 1.10 bits per heavy atom. The van der Waals surface area contributed by atoms with Crippen LogP contribution in [-0.4, -0.2) is 33.9 Å². The fraction of sp³-hybridized carbons (Fsp3) is 0.200. The normalized spacial score (nSPS) is 10.4. The van der Waals surface area contributed by atoms with Crippen molar-refractivity contribution in [3.63, 3.8) is 0 Å². The molecule has 2 N–H and O–H groups in total. The molecule has 29 heavy (non-hydrogen) atoms. The third-order valence-corrected chi connectivity index (χ3v) is 4.84. The average Bonchev–Trinajstić information content (AvgIpc) is 3.28. The molecule has 0 saturated carbocycles. The number of aromatic nitrogens is 2. The predicted octanol–water partition coefficient (Wildman–Crippen LogP) is 3.30.